The minimum atomic E-state index is 0.761. The second kappa shape index (κ2) is 18.9. The molecule has 2 aliphatic rings. The van der Waals surface area contributed by atoms with E-state index >= 15 is 0 Å². The molecule has 2 aliphatic heterocycles. The fraction of sp³-hybridized carbons (Fsp3) is 0.556. The number of hydrogen-bond acceptors (Lipinski definition) is 10. The molecule has 0 unspecified atom stereocenters. The summed E-state index contributed by atoms with van der Waals surface area (Å²) in [7, 11) is 3.44. The van der Waals surface area contributed by atoms with Gasteiger partial charge in [-0.3, -0.25) is 19.8 Å². The third kappa shape index (κ3) is 11.6. The fourth-order valence-electron chi connectivity index (χ4n) is 6.22. The highest BCUT2D eigenvalue weighted by Crippen LogP contribution is 2.16. The van der Waals surface area contributed by atoms with Crippen molar-refractivity contribution in [2.75, 3.05) is 66.6 Å². The molecule has 4 bridgehead atoms. The number of methoxy groups -OCH3 is 2. The van der Waals surface area contributed by atoms with Crippen LogP contribution >= 0.6 is 0 Å². The number of pyridine rings is 2. The zero-order valence-electron chi connectivity index (χ0n) is 28.0. The van der Waals surface area contributed by atoms with Gasteiger partial charge in [-0.25, -0.2) is 0 Å². The van der Waals surface area contributed by atoms with Crippen LogP contribution < -0.4 is 30.7 Å². The molecule has 250 valence electrons. The highest BCUT2D eigenvalue weighted by atomic mass is 16.5. The molecule has 0 aliphatic carbocycles. The highest BCUT2D eigenvalue weighted by Gasteiger charge is 2.11. The molecule has 2 aromatic heterocycles. The molecule has 0 saturated heterocycles. The van der Waals surface area contributed by atoms with Crippen molar-refractivity contribution in [2.24, 2.45) is 0 Å². The first-order valence-electron chi connectivity index (χ1n) is 17.1. The van der Waals surface area contributed by atoms with Crippen LogP contribution in [0.15, 0.2) is 48.5 Å². The zero-order chi connectivity index (χ0) is 31.8. The van der Waals surface area contributed by atoms with Crippen LogP contribution in [0.25, 0.3) is 0 Å². The molecule has 46 heavy (non-hydrogen) atoms. The van der Waals surface area contributed by atoms with Gasteiger partial charge in [-0.1, -0.05) is 24.3 Å². The van der Waals surface area contributed by atoms with Crippen LogP contribution in [0.3, 0.4) is 0 Å². The second-order valence-corrected chi connectivity index (χ2v) is 12.5. The summed E-state index contributed by atoms with van der Waals surface area (Å²) in [6, 6.07) is 17.5. The van der Waals surface area contributed by atoms with E-state index in [1.54, 1.807) is 14.2 Å². The van der Waals surface area contributed by atoms with Crippen LogP contribution in [0.2, 0.25) is 0 Å². The van der Waals surface area contributed by atoms with Gasteiger partial charge in [-0.2, -0.15) is 0 Å². The Bertz CT molecular complexity index is 1160. The first-order chi connectivity index (χ1) is 22.7. The summed E-state index contributed by atoms with van der Waals surface area (Å²) in [5.41, 5.74) is 6.91. The average Bonchev–Trinajstić information content (AvgIpc) is 3.07. The first-order valence-corrected chi connectivity index (χ1v) is 17.1. The van der Waals surface area contributed by atoms with Crippen molar-refractivity contribution in [1.29, 1.82) is 0 Å². The largest absolute Gasteiger partial charge is 0.497 e. The van der Waals surface area contributed by atoms with Crippen LogP contribution in [-0.4, -0.2) is 86.3 Å². The molecule has 0 fully saturated rings. The van der Waals surface area contributed by atoms with Gasteiger partial charge < -0.3 is 30.7 Å². The molecule has 0 spiro atoms. The van der Waals surface area contributed by atoms with Crippen LogP contribution in [0.1, 0.15) is 59.6 Å². The van der Waals surface area contributed by atoms with Crippen molar-refractivity contribution in [3.63, 3.8) is 0 Å². The fourth-order valence-corrected chi connectivity index (χ4v) is 6.22. The Morgan fingerprint density at radius 3 is 1.11 bits per heavy atom. The third-order valence-corrected chi connectivity index (χ3v) is 8.65. The van der Waals surface area contributed by atoms with Gasteiger partial charge in [0, 0.05) is 63.5 Å². The van der Waals surface area contributed by atoms with Crippen LogP contribution in [0.4, 0.5) is 0 Å². The van der Waals surface area contributed by atoms with Gasteiger partial charge in [0.25, 0.3) is 0 Å². The lowest BCUT2D eigenvalue weighted by molar-refractivity contribution is 0.254. The molecule has 0 saturated carbocycles. The maximum Gasteiger partial charge on any atom is 0.122 e. The predicted octanol–water partition coefficient (Wildman–Crippen LogP) is 3.44. The number of fused-ring (bicyclic) bond motifs is 4. The van der Waals surface area contributed by atoms with E-state index in [-0.39, 0.29) is 0 Å². The van der Waals surface area contributed by atoms with Gasteiger partial charge in [0.1, 0.15) is 11.5 Å². The predicted molar refractivity (Wildman–Crippen MR) is 184 cm³/mol. The van der Waals surface area contributed by atoms with E-state index in [1.165, 1.54) is 11.1 Å². The summed E-state index contributed by atoms with van der Waals surface area (Å²) >= 11 is 0. The van der Waals surface area contributed by atoms with Gasteiger partial charge in [0.2, 0.25) is 0 Å². The van der Waals surface area contributed by atoms with Gasteiger partial charge in [0.05, 0.1) is 37.0 Å². The van der Waals surface area contributed by atoms with Gasteiger partial charge in [0.15, 0.2) is 0 Å². The molecule has 4 heterocycles. The maximum absolute atomic E-state index is 5.49. The number of benzene rings is 1. The summed E-state index contributed by atoms with van der Waals surface area (Å²) in [4.78, 5) is 14.8. The molecular formula is C36H54N8O2. The van der Waals surface area contributed by atoms with E-state index < -0.39 is 0 Å². The molecule has 1 aromatic carbocycles. The Morgan fingerprint density at radius 2 is 0.826 bits per heavy atom. The quantitative estimate of drug-likeness (QED) is 0.324. The van der Waals surface area contributed by atoms with E-state index in [0.717, 1.165) is 152 Å². The Balaban J connectivity index is 1.09. The summed E-state index contributed by atoms with van der Waals surface area (Å²) in [6.07, 6.45) is 4.43. The van der Waals surface area contributed by atoms with E-state index in [4.69, 9.17) is 19.4 Å². The first kappa shape index (κ1) is 34.2. The minimum absolute atomic E-state index is 0.761. The maximum atomic E-state index is 5.49. The number of rotatable bonds is 6. The number of nitrogens with zero attached hydrogens (tertiary/aromatic N) is 4. The van der Waals surface area contributed by atoms with Crippen molar-refractivity contribution >= 4 is 0 Å². The third-order valence-electron chi connectivity index (χ3n) is 8.65. The zero-order valence-corrected chi connectivity index (χ0v) is 28.0. The SMILES string of the molecule is COc1cc2nc(c1)CNCCCN(Cc1ccc(CN3CCCNCc4cc(OC)cc(n4)CNCCC3)cc1)CCCNC2. The molecule has 10 heteroatoms. The summed E-state index contributed by atoms with van der Waals surface area (Å²) in [5, 5.41) is 14.3. The molecule has 3 aromatic rings. The van der Waals surface area contributed by atoms with E-state index in [9.17, 15) is 0 Å². The molecule has 0 amide bonds. The Labute approximate surface area is 275 Å². The number of aromatic nitrogens is 2. The van der Waals surface area contributed by atoms with Gasteiger partial charge in [-0.05, 0) is 89.2 Å². The van der Waals surface area contributed by atoms with Crippen molar-refractivity contribution in [3.05, 3.63) is 82.4 Å². The average molecular weight is 631 g/mol. The van der Waals surface area contributed by atoms with E-state index in [2.05, 4.69) is 55.3 Å². The van der Waals surface area contributed by atoms with Crippen molar-refractivity contribution in [3.8, 4) is 11.5 Å². The van der Waals surface area contributed by atoms with Crippen LogP contribution in [0.5, 0.6) is 11.5 Å². The molecule has 0 atom stereocenters. The van der Waals surface area contributed by atoms with E-state index in [1.807, 2.05) is 24.3 Å². The normalized spacial score (nSPS) is 18.7. The van der Waals surface area contributed by atoms with E-state index in [0.29, 0.717) is 0 Å². The number of ether oxygens (including phenoxy) is 2. The summed E-state index contributed by atoms with van der Waals surface area (Å²) in [6.45, 7) is 13.2. The number of hydrogen-bond donors (Lipinski definition) is 4. The van der Waals surface area contributed by atoms with Crippen LogP contribution in [-0.2, 0) is 39.3 Å². The monoisotopic (exact) mass is 630 g/mol. The Hall–Kier alpha value is -3.12. The Kier molecular flexibility index (Phi) is 14.0. The standard InChI is InChI=1S/C36H54N8O2/c1-45-35-19-31-23-37-11-3-15-43(16-4-12-38-24-32(20-35)41-31)27-29-7-9-30(10-8-29)28-44-17-5-13-39-25-33-21-36(46-2)22-34(42-33)26-40-14-6-18-44/h7-10,19-22,37-40H,3-6,11-18,23-28H2,1-2H3. The van der Waals surface area contributed by atoms with Crippen molar-refractivity contribution in [1.82, 2.24) is 41.0 Å². The van der Waals surface area contributed by atoms with Crippen LogP contribution in [0, 0.1) is 0 Å². The summed E-state index contributed by atoms with van der Waals surface area (Å²) < 4.78 is 11.0. The topological polar surface area (TPSA) is 98.8 Å². The van der Waals surface area contributed by atoms with Gasteiger partial charge >= 0.3 is 0 Å². The smallest absolute Gasteiger partial charge is 0.122 e. The lowest BCUT2D eigenvalue weighted by Crippen LogP contribution is -2.31. The lowest BCUT2D eigenvalue weighted by Gasteiger charge is -2.24. The Morgan fingerprint density at radius 1 is 0.522 bits per heavy atom. The second-order valence-electron chi connectivity index (χ2n) is 12.5. The molecule has 5 rings (SSSR count). The molecule has 4 N–H and O–H groups in total. The van der Waals surface area contributed by atoms with Crippen molar-refractivity contribution < 1.29 is 9.47 Å². The lowest BCUT2D eigenvalue weighted by atomic mass is 10.1. The van der Waals surface area contributed by atoms with Gasteiger partial charge in [-0.15, -0.1) is 0 Å². The number of nitrogens with one attached hydrogen (secondary N) is 4. The van der Waals surface area contributed by atoms with Crippen molar-refractivity contribution in [2.45, 2.75) is 65.0 Å². The molecule has 0 radical (unpaired) electrons. The summed E-state index contributed by atoms with van der Waals surface area (Å²) in [5.74, 6) is 1.76. The molecular weight excluding hydrogens is 576 g/mol. The molecule has 10 nitrogen and oxygen atoms in total. The minimum Gasteiger partial charge on any atom is -0.497 e. The highest BCUT2D eigenvalue weighted by molar-refractivity contribution is 5.28.